The zero-order chi connectivity index (χ0) is 15.4. The summed E-state index contributed by atoms with van der Waals surface area (Å²) in [6.07, 6.45) is 2.29. The van der Waals surface area contributed by atoms with Gasteiger partial charge in [0.25, 0.3) is 0 Å². The molecule has 21 heavy (non-hydrogen) atoms. The van der Waals surface area contributed by atoms with E-state index in [1.54, 1.807) is 0 Å². The number of hydrogen-bond acceptors (Lipinski definition) is 4. The van der Waals surface area contributed by atoms with Crippen molar-refractivity contribution >= 4 is 0 Å². The number of aliphatic hydroxyl groups excluding tert-OH is 1. The summed E-state index contributed by atoms with van der Waals surface area (Å²) in [5, 5.41) is 18.5. The van der Waals surface area contributed by atoms with Gasteiger partial charge in [0.1, 0.15) is 11.8 Å². The standard InChI is InChI=1S/C16H26N4O/c1-13-14(10-16(11-17)19(13)3)12-20(8-9-21)15-4-6-18(2)7-5-15/h10,15,21H,4-9,12H2,1-3H3. The number of aliphatic hydroxyl groups is 1. The Balaban J connectivity index is 2.11. The fourth-order valence-corrected chi connectivity index (χ4v) is 3.13. The van der Waals surface area contributed by atoms with Crippen LogP contribution in [0.1, 0.15) is 29.8 Å². The van der Waals surface area contributed by atoms with Crippen molar-refractivity contribution in [2.75, 3.05) is 33.3 Å². The average Bonchev–Trinajstić information content (AvgIpc) is 2.75. The highest BCUT2D eigenvalue weighted by Crippen LogP contribution is 2.21. The molecule has 1 saturated heterocycles. The number of likely N-dealkylation sites (tertiary alicyclic amines) is 1. The Bertz CT molecular complexity index is 509. The Morgan fingerprint density at radius 1 is 1.38 bits per heavy atom. The first kappa shape index (κ1) is 16.0. The molecule has 1 aromatic rings. The quantitative estimate of drug-likeness (QED) is 0.882. The number of hydrogen-bond donors (Lipinski definition) is 1. The minimum Gasteiger partial charge on any atom is -0.395 e. The maximum Gasteiger partial charge on any atom is 0.120 e. The topological polar surface area (TPSA) is 55.4 Å². The summed E-state index contributed by atoms with van der Waals surface area (Å²) < 4.78 is 1.95. The lowest BCUT2D eigenvalue weighted by Crippen LogP contribution is -2.44. The molecule has 0 aromatic carbocycles. The Labute approximate surface area is 127 Å². The van der Waals surface area contributed by atoms with Crippen LogP contribution >= 0.6 is 0 Å². The van der Waals surface area contributed by atoms with Crippen LogP contribution in [0.4, 0.5) is 0 Å². The Hall–Kier alpha value is -1.35. The van der Waals surface area contributed by atoms with Gasteiger partial charge in [-0.25, -0.2) is 0 Å². The molecule has 1 aliphatic heterocycles. The molecule has 0 atom stereocenters. The molecule has 5 nitrogen and oxygen atoms in total. The van der Waals surface area contributed by atoms with E-state index in [9.17, 15) is 5.11 Å². The Morgan fingerprint density at radius 2 is 2.05 bits per heavy atom. The largest absolute Gasteiger partial charge is 0.395 e. The molecule has 5 heteroatoms. The van der Waals surface area contributed by atoms with E-state index in [4.69, 9.17) is 5.26 Å². The van der Waals surface area contributed by atoms with Gasteiger partial charge in [-0.05, 0) is 51.5 Å². The molecule has 1 fully saturated rings. The van der Waals surface area contributed by atoms with Crippen molar-refractivity contribution in [3.8, 4) is 6.07 Å². The van der Waals surface area contributed by atoms with Gasteiger partial charge in [-0.15, -0.1) is 0 Å². The Morgan fingerprint density at radius 3 is 2.57 bits per heavy atom. The van der Waals surface area contributed by atoms with E-state index in [0.717, 1.165) is 38.2 Å². The van der Waals surface area contributed by atoms with Crippen molar-refractivity contribution in [1.82, 2.24) is 14.4 Å². The SMILES string of the molecule is Cc1c(CN(CCO)C2CCN(C)CC2)cc(C#N)n1C. The molecule has 2 heterocycles. The van der Waals surface area contributed by atoms with Crippen LogP contribution in [0.3, 0.4) is 0 Å². The van der Waals surface area contributed by atoms with Crippen LogP contribution in [0.25, 0.3) is 0 Å². The molecule has 116 valence electrons. The van der Waals surface area contributed by atoms with Crippen molar-refractivity contribution in [2.24, 2.45) is 7.05 Å². The lowest BCUT2D eigenvalue weighted by molar-refractivity contribution is 0.0939. The zero-order valence-corrected chi connectivity index (χ0v) is 13.3. The molecule has 0 bridgehead atoms. The molecular formula is C16H26N4O. The minimum absolute atomic E-state index is 0.184. The van der Waals surface area contributed by atoms with Crippen molar-refractivity contribution in [1.29, 1.82) is 5.26 Å². The normalized spacial score (nSPS) is 17.3. The van der Waals surface area contributed by atoms with E-state index in [1.807, 2.05) is 17.7 Å². The van der Waals surface area contributed by atoms with Crippen molar-refractivity contribution < 1.29 is 5.11 Å². The van der Waals surface area contributed by atoms with Gasteiger partial charge in [0.15, 0.2) is 0 Å². The number of rotatable bonds is 5. The van der Waals surface area contributed by atoms with Crippen LogP contribution in [-0.4, -0.2) is 58.8 Å². The van der Waals surface area contributed by atoms with E-state index in [1.165, 1.54) is 5.56 Å². The lowest BCUT2D eigenvalue weighted by Gasteiger charge is -2.37. The molecule has 1 aromatic heterocycles. The first-order chi connectivity index (χ1) is 10.1. The third kappa shape index (κ3) is 3.65. The second-order valence-electron chi connectivity index (χ2n) is 6.04. The van der Waals surface area contributed by atoms with Crippen LogP contribution in [0, 0.1) is 18.3 Å². The smallest absolute Gasteiger partial charge is 0.120 e. The lowest BCUT2D eigenvalue weighted by atomic mass is 10.0. The van der Waals surface area contributed by atoms with E-state index in [2.05, 4.69) is 29.8 Å². The first-order valence-corrected chi connectivity index (χ1v) is 7.65. The van der Waals surface area contributed by atoms with E-state index in [0.29, 0.717) is 18.3 Å². The highest BCUT2D eigenvalue weighted by Gasteiger charge is 2.24. The predicted molar refractivity (Wildman–Crippen MR) is 82.9 cm³/mol. The minimum atomic E-state index is 0.184. The Kier molecular flexibility index (Phi) is 5.40. The number of nitrogens with zero attached hydrogens (tertiary/aromatic N) is 4. The van der Waals surface area contributed by atoms with Gasteiger partial charge in [-0.2, -0.15) is 5.26 Å². The van der Waals surface area contributed by atoms with Gasteiger partial charge < -0.3 is 14.6 Å². The van der Waals surface area contributed by atoms with Crippen molar-refractivity contribution in [3.63, 3.8) is 0 Å². The molecule has 1 N–H and O–H groups in total. The summed E-state index contributed by atoms with van der Waals surface area (Å²) in [5.41, 5.74) is 3.04. The number of aromatic nitrogens is 1. The van der Waals surface area contributed by atoms with Gasteiger partial charge in [-0.3, -0.25) is 4.90 Å². The summed E-state index contributed by atoms with van der Waals surface area (Å²) >= 11 is 0. The zero-order valence-electron chi connectivity index (χ0n) is 13.3. The van der Waals surface area contributed by atoms with Gasteiger partial charge in [0.05, 0.1) is 6.61 Å². The van der Waals surface area contributed by atoms with Gasteiger partial charge in [0.2, 0.25) is 0 Å². The van der Waals surface area contributed by atoms with E-state index < -0.39 is 0 Å². The van der Waals surface area contributed by atoms with Crippen molar-refractivity contribution in [3.05, 3.63) is 23.0 Å². The van der Waals surface area contributed by atoms with Crippen LogP contribution in [-0.2, 0) is 13.6 Å². The molecule has 0 spiro atoms. The monoisotopic (exact) mass is 290 g/mol. The molecular weight excluding hydrogens is 264 g/mol. The van der Waals surface area contributed by atoms with Crippen LogP contribution in [0.15, 0.2) is 6.07 Å². The second-order valence-corrected chi connectivity index (χ2v) is 6.04. The number of piperidine rings is 1. The summed E-state index contributed by atoms with van der Waals surface area (Å²) in [7, 11) is 4.09. The molecule has 0 radical (unpaired) electrons. The summed E-state index contributed by atoms with van der Waals surface area (Å²) in [6, 6.07) is 4.74. The first-order valence-electron chi connectivity index (χ1n) is 7.65. The summed E-state index contributed by atoms with van der Waals surface area (Å²) in [6.45, 7) is 5.99. The molecule has 2 rings (SSSR count). The fraction of sp³-hybridized carbons (Fsp3) is 0.688. The summed E-state index contributed by atoms with van der Waals surface area (Å²) in [5.74, 6) is 0. The molecule has 1 aliphatic rings. The average molecular weight is 290 g/mol. The highest BCUT2D eigenvalue weighted by atomic mass is 16.3. The molecule has 0 amide bonds. The second kappa shape index (κ2) is 7.08. The van der Waals surface area contributed by atoms with E-state index >= 15 is 0 Å². The maximum atomic E-state index is 9.36. The van der Waals surface area contributed by atoms with Gasteiger partial charge >= 0.3 is 0 Å². The van der Waals surface area contributed by atoms with Crippen LogP contribution < -0.4 is 0 Å². The fourth-order valence-electron chi connectivity index (χ4n) is 3.13. The predicted octanol–water partition coefficient (Wildman–Crippen LogP) is 1.09. The van der Waals surface area contributed by atoms with Crippen LogP contribution in [0.5, 0.6) is 0 Å². The van der Waals surface area contributed by atoms with Gasteiger partial charge in [0, 0.05) is 31.9 Å². The third-order valence-electron chi connectivity index (χ3n) is 4.72. The highest BCUT2D eigenvalue weighted by molar-refractivity contribution is 5.34. The van der Waals surface area contributed by atoms with Gasteiger partial charge in [-0.1, -0.05) is 0 Å². The third-order valence-corrected chi connectivity index (χ3v) is 4.72. The van der Waals surface area contributed by atoms with Crippen molar-refractivity contribution in [2.45, 2.75) is 32.4 Å². The van der Waals surface area contributed by atoms with E-state index in [-0.39, 0.29) is 6.61 Å². The molecule has 0 aliphatic carbocycles. The summed E-state index contributed by atoms with van der Waals surface area (Å²) in [4.78, 5) is 4.73. The number of nitriles is 1. The maximum absolute atomic E-state index is 9.36. The molecule has 0 unspecified atom stereocenters. The molecule has 0 saturated carbocycles. The van der Waals surface area contributed by atoms with Crippen LogP contribution in [0.2, 0.25) is 0 Å².